The molecule has 0 bridgehead atoms. The van der Waals surface area contributed by atoms with Gasteiger partial charge in [-0.25, -0.2) is 5.43 Å². The number of hydrogen-bond acceptors (Lipinski definition) is 6. The Balaban J connectivity index is 1.58. The van der Waals surface area contributed by atoms with Gasteiger partial charge < -0.3 is 9.73 Å². The fourth-order valence-corrected chi connectivity index (χ4v) is 2.98. The lowest BCUT2D eigenvalue weighted by atomic mass is 10.1. The second kappa shape index (κ2) is 9.35. The number of hydrogen-bond donors (Lipinski definition) is 2. The van der Waals surface area contributed by atoms with Crippen LogP contribution in [-0.2, 0) is 4.79 Å². The van der Waals surface area contributed by atoms with Crippen molar-refractivity contribution in [2.45, 2.75) is 0 Å². The number of anilines is 1. The number of hydrazone groups is 1. The monoisotopic (exact) mass is 476 g/mol. The molecule has 3 rings (SSSR count). The maximum Gasteiger partial charge on any atom is 0.270 e. The molecule has 0 saturated heterocycles. The zero-order chi connectivity index (χ0) is 20.8. The normalized spacial score (nSPS) is 10.8. The predicted molar refractivity (Wildman–Crippen MR) is 114 cm³/mol. The Labute approximate surface area is 178 Å². The van der Waals surface area contributed by atoms with E-state index in [1.807, 2.05) is 24.3 Å². The maximum atomic E-state index is 11.9. The highest BCUT2D eigenvalue weighted by Crippen LogP contribution is 2.32. The van der Waals surface area contributed by atoms with Crippen LogP contribution in [0.25, 0.3) is 11.3 Å². The minimum atomic E-state index is -0.511. The summed E-state index contributed by atoms with van der Waals surface area (Å²) in [6.45, 7) is 0.0422. The summed E-state index contributed by atoms with van der Waals surface area (Å²) < 4.78 is 6.48. The van der Waals surface area contributed by atoms with E-state index in [0.29, 0.717) is 22.1 Å². The van der Waals surface area contributed by atoms with Gasteiger partial charge in [0.05, 0.1) is 22.7 Å². The number of halogens is 2. The summed E-state index contributed by atoms with van der Waals surface area (Å²) in [7, 11) is 0. The molecule has 1 heterocycles. The van der Waals surface area contributed by atoms with Crippen molar-refractivity contribution in [2.75, 3.05) is 11.9 Å². The molecule has 0 unspecified atom stereocenters. The zero-order valence-electron chi connectivity index (χ0n) is 14.8. The highest BCUT2D eigenvalue weighted by atomic mass is 79.9. The quantitative estimate of drug-likeness (QED) is 0.288. The summed E-state index contributed by atoms with van der Waals surface area (Å²) in [4.78, 5) is 22.3. The molecule has 2 N–H and O–H groups in total. The summed E-state index contributed by atoms with van der Waals surface area (Å²) in [5.74, 6) is 0.361. The van der Waals surface area contributed by atoms with Crippen LogP contribution < -0.4 is 10.7 Å². The van der Waals surface area contributed by atoms with Gasteiger partial charge in [-0.15, -0.1) is 0 Å². The number of nitrogens with zero attached hydrogens (tertiary/aromatic N) is 2. The van der Waals surface area contributed by atoms with Crippen LogP contribution >= 0.6 is 27.5 Å². The predicted octanol–water partition coefficient (Wildman–Crippen LogP) is 4.83. The van der Waals surface area contributed by atoms with Crippen molar-refractivity contribution in [1.29, 1.82) is 0 Å². The summed E-state index contributed by atoms with van der Waals surface area (Å²) in [5, 5.41) is 18.1. The molecule has 1 aromatic heterocycles. The second-order valence-corrected chi connectivity index (χ2v) is 7.10. The van der Waals surface area contributed by atoms with E-state index in [2.05, 4.69) is 31.8 Å². The Morgan fingerprint density at radius 3 is 2.83 bits per heavy atom. The first kappa shape index (κ1) is 20.6. The van der Waals surface area contributed by atoms with E-state index in [-0.39, 0.29) is 18.1 Å². The van der Waals surface area contributed by atoms with E-state index in [9.17, 15) is 14.9 Å². The molecule has 0 aliphatic heterocycles. The third kappa shape index (κ3) is 5.66. The molecule has 29 heavy (non-hydrogen) atoms. The number of benzene rings is 2. The number of nitro groups is 1. The summed E-state index contributed by atoms with van der Waals surface area (Å²) in [5.41, 5.74) is 3.47. The maximum absolute atomic E-state index is 11.9. The highest BCUT2D eigenvalue weighted by Gasteiger charge is 2.14. The number of nitrogens with one attached hydrogen (secondary N) is 2. The lowest BCUT2D eigenvalue weighted by molar-refractivity contribution is -0.384. The minimum Gasteiger partial charge on any atom is -0.455 e. The number of carbonyl (C=O) groups is 1. The summed E-state index contributed by atoms with van der Waals surface area (Å²) in [6, 6.07) is 14.7. The van der Waals surface area contributed by atoms with E-state index >= 15 is 0 Å². The molecule has 3 aromatic rings. The van der Waals surface area contributed by atoms with Crippen LogP contribution in [0.1, 0.15) is 5.76 Å². The van der Waals surface area contributed by atoms with Gasteiger partial charge >= 0.3 is 0 Å². The topological polar surface area (TPSA) is 110 Å². The van der Waals surface area contributed by atoms with Crippen LogP contribution in [0.4, 0.5) is 11.4 Å². The molecule has 0 radical (unpaired) electrons. The van der Waals surface area contributed by atoms with E-state index in [4.69, 9.17) is 16.0 Å². The van der Waals surface area contributed by atoms with Crippen LogP contribution in [0.2, 0.25) is 5.02 Å². The lowest BCUT2D eigenvalue weighted by Crippen LogP contribution is -2.25. The van der Waals surface area contributed by atoms with Gasteiger partial charge in [0.25, 0.3) is 11.6 Å². The molecule has 0 saturated carbocycles. The van der Waals surface area contributed by atoms with Gasteiger partial charge in [0.15, 0.2) is 0 Å². The Bertz CT molecular complexity index is 1080. The Kier molecular flexibility index (Phi) is 6.63. The molecule has 0 atom stereocenters. The van der Waals surface area contributed by atoms with E-state index in [1.54, 1.807) is 12.1 Å². The van der Waals surface area contributed by atoms with Gasteiger partial charge in [0, 0.05) is 27.9 Å². The van der Waals surface area contributed by atoms with Gasteiger partial charge in [-0.1, -0.05) is 33.6 Å². The third-order valence-electron chi connectivity index (χ3n) is 3.71. The van der Waals surface area contributed by atoms with E-state index < -0.39 is 4.92 Å². The molecule has 0 aliphatic rings. The lowest BCUT2D eigenvalue weighted by Gasteiger charge is -2.05. The smallest absolute Gasteiger partial charge is 0.270 e. The van der Waals surface area contributed by atoms with Crippen molar-refractivity contribution in [3.05, 3.63) is 80.0 Å². The average molecular weight is 478 g/mol. The van der Waals surface area contributed by atoms with Crippen molar-refractivity contribution in [3.63, 3.8) is 0 Å². The van der Waals surface area contributed by atoms with Crippen LogP contribution in [-0.4, -0.2) is 23.6 Å². The van der Waals surface area contributed by atoms with Gasteiger partial charge in [-0.2, -0.15) is 5.10 Å². The summed E-state index contributed by atoms with van der Waals surface area (Å²) in [6.07, 6.45) is 1.33. The molecule has 148 valence electrons. The Morgan fingerprint density at radius 1 is 1.24 bits per heavy atom. The number of non-ortho nitro benzene ring substituents is 1. The van der Waals surface area contributed by atoms with Crippen molar-refractivity contribution in [2.24, 2.45) is 5.10 Å². The number of rotatable bonds is 7. The molecule has 2 aromatic carbocycles. The Hall–Kier alpha value is -3.17. The summed E-state index contributed by atoms with van der Waals surface area (Å²) >= 11 is 9.46. The fourth-order valence-electron chi connectivity index (χ4n) is 2.37. The third-order valence-corrected chi connectivity index (χ3v) is 4.53. The molecule has 0 fully saturated rings. The van der Waals surface area contributed by atoms with Crippen molar-refractivity contribution in [3.8, 4) is 11.3 Å². The first-order valence-electron chi connectivity index (χ1n) is 8.28. The van der Waals surface area contributed by atoms with E-state index in [1.165, 1.54) is 24.4 Å². The van der Waals surface area contributed by atoms with Crippen LogP contribution in [0.5, 0.6) is 0 Å². The average Bonchev–Trinajstić information content (AvgIpc) is 3.15. The van der Waals surface area contributed by atoms with Crippen molar-refractivity contribution >= 4 is 51.0 Å². The zero-order valence-corrected chi connectivity index (χ0v) is 17.1. The molecule has 0 aliphatic carbocycles. The van der Waals surface area contributed by atoms with Gasteiger partial charge in [-0.3, -0.25) is 14.9 Å². The van der Waals surface area contributed by atoms with Crippen molar-refractivity contribution in [1.82, 2.24) is 5.43 Å². The molecular formula is C19H14BrClN4O4. The van der Waals surface area contributed by atoms with Gasteiger partial charge in [0.2, 0.25) is 0 Å². The first-order valence-corrected chi connectivity index (χ1v) is 9.45. The minimum absolute atomic E-state index is 0.0422. The number of amides is 1. The highest BCUT2D eigenvalue weighted by molar-refractivity contribution is 9.10. The number of nitro benzene ring substituents is 1. The fraction of sp³-hybridized carbons (Fsp3) is 0.0526. The molecule has 0 spiro atoms. The molecule has 10 heteroatoms. The largest absolute Gasteiger partial charge is 0.455 e. The number of carbonyl (C=O) groups excluding carboxylic acids is 1. The van der Waals surface area contributed by atoms with Crippen LogP contribution in [0.15, 0.2) is 68.6 Å². The SMILES string of the molecule is O=C(CNc1cccc(Br)c1)N/N=C\c1ccc(-c2cc([N+](=O)[O-])ccc2Cl)o1. The molecular weight excluding hydrogens is 464 g/mol. The molecule has 8 nitrogen and oxygen atoms in total. The van der Waals surface area contributed by atoms with Gasteiger partial charge in [-0.05, 0) is 36.4 Å². The second-order valence-electron chi connectivity index (χ2n) is 5.78. The van der Waals surface area contributed by atoms with E-state index in [0.717, 1.165) is 10.2 Å². The Morgan fingerprint density at radius 2 is 2.07 bits per heavy atom. The van der Waals surface area contributed by atoms with Gasteiger partial charge in [0.1, 0.15) is 11.5 Å². The van der Waals surface area contributed by atoms with Crippen LogP contribution in [0.3, 0.4) is 0 Å². The van der Waals surface area contributed by atoms with Crippen LogP contribution in [0, 0.1) is 10.1 Å². The first-order chi connectivity index (χ1) is 13.9. The standard InChI is InChI=1S/C19H14BrClN4O4/c20-12-2-1-3-13(8-12)22-11-19(26)24-23-10-15-5-7-18(29-15)16-9-14(25(27)28)4-6-17(16)21/h1-10,22H,11H2,(H,24,26)/b23-10-. The van der Waals surface area contributed by atoms with Crippen molar-refractivity contribution < 1.29 is 14.1 Å². The number of furan rings is 1. The molecule has 1 amide bonds.